The zero-order valence-electron chi connectivity index (χ0n) is 8.11. The Hall–Kier alpha value is -0.870. The molecule has 80 valence electrons. The predicted molar refractivity (Wildman–Crippen MR) is 60.5 cm³/mol. The van der Waals surface area contributed by atoms with Gasteiger partial charge in [0.1, 0.15) is 0 Å². The monoisotopic (exact) mass is 269 g/mol. The Morgan fingerprint density at radius 3 is 2.93 bits per heavy atom. The van der Waals surface area contributed by atoms with Crippen molar-refractivity contribution in [1.82, 2.24) is 0 Å². The van der Waals surface area contributed by atoms with Crippen molar-refractivity contribution in [3.05, 3.63) is 33.8 Å². The molecule has 0 fully saturated rings. The minimum Gasteiger partial charge on any atom is -0.481 e. The van der Waals surface area contributed by atoms with Crippen molar-refractivity contribution in [1.29, 1.82) is 0 Å². The van der Waals surface area contributed by atoms with Crippen molar-refractivity contribution in [2.75, 3.05) is 0 Å². The molecule has 0 amide bonds. The molecule has 0 saturated heterocycles. The maximum absolute atomic E-state index is 11.0. The Morgan fingerprint density at radius 1 is 1.53 bits per heavy atom. The predicted octanol–water partition coefficient (Wildman–Crippen LogP) is 2.10. The highest BCUT2D eigenvalue weighted by atomic mass is 79.9. The number of aliphatic carboxylic acids is 1. The number of hydrogen-bond donors (Lipinski definition) is 2. The molecule has 0 spiro atoms. The van der Waals surface area contributed by atoms with Gasteiger partial charge in [0.15, 0.2) is 0 Å². The van der Waals surface area contributed by atoms with Gasteiger partial charge >= 0.3 is 5.97 Å². The van der Waals surface area contributed by atoms with E-state index in [4.69, 9.17) is 10.8 Å². The van der Waals surface area contributed by atoms with Crippen LogP contribution in [-0.2, 0) is 11.2 Å². The van der Waals surface area contributed by atoms with E-state index in [0.717, 1.165) is 16.5 Å². The number of nitrogens with two attached hydrogens (primary N) is 1. The number of rotatable bonds is 1. The quantitative estimate of drug-likeness (QED) is 0.821. The molecule has 0 saturated carbocycles. The summed E-state index contributed by atoms with van der Waals surface area (Å²) in [6.07, 6.45) is 1.43. The minimum absolute atomic E-state index is 0.385. The van der Waals surface area contributed by atoms with Gasteiger partial charge in [-0.1, -0.05) is 22.0 Å². The normalized spacial score (nSPS) is 24.7. The van der Waals surface area contributed by atoms with Gasteiger partial charge in [-0.3, -0.25) is 4.79 Å². The highest BCUT2D eigenvalue weighted by Crippen LogP contribution is 2.34. The van der Waals surface area contributed by atoms with E-state index in [-0.39, 0.29) is 6.04 Å². The molecule has 4 heteroatoms. The first kappa shape index (κ1) is 10.6. The Labute approximate surface area is 96.4 Å². The fraction of sp³-hybridized carbons (Fsp3) is 0.364. The van der Waals surface area contributed by atoms with Gasteiger partial charge in [-0.15, -0.1) is 0 Å². The van der Waals surface area contributed by atoms with E-state index < -0.39 is 11.9 Å². The number of carboxylic acids is 1. The summed E-state index contributed by atoms with van der Waals surface area (Å²) in [6, 6.07) is 5.52. The molecule has 0 aliphatic heterocycles. The summed E-state index contributed by atoms with van der Waals surface area (Å²) in [6.45, 7) is 0. The molecule has 2 unspecified atom stereocenters. The summed E-state index contributed by atoms with van der Waals surface area (Å²) in [5.41, 5.74) is 8.09. The number of benzene rings is 1. The summed E-state index contributed by atoms with van der Waals surface area (Å²) in [5.74, 6) is -1.25. The second-order valence-electron chi connectivity index (χ2n) is 3.85. The van der Waals surface area contributed by atoms with Crippen molar-refractivity contribution < 1.29 is 9.90 Å². The van der Waals surface area contributed by atoms with Crippen molar-refractivity contribution >= 4 is 21.9 Å². The van der Waals surface area contributed by atoms with Crippen LogP contribution in [0.4, 0.5) is 0 Å². The summed E-state index contributed by atoms with van der Waals surface area (Å²) in [5, 5.41) is 9.01. The molecule has 3 N–H and O–H groups in total. The molecular weight excluding hydrogens is 258 g/mol. The Kier molecular flexibility index (Phi) is 2.80. The maximum atomic E-state index is 11.0. The van der Waals surface area contributed by atoms with E-state index >= 15 is 0 Å². The van der Waals surface area contributed by atoms with Crippen LogP contribution in [0, 0.1) is 5.92 Å². The zero-order valence-corrected chi connectivity index (χ0v) is 9.70. The SMILES string of the molecule is NC1c2cc(Br)ccc2CCC1C(=O)O. The summed E-state index contributed by atoms with van der Waals surface area (Å²) in [7, 11) is 0. The molecule has 0 aromatic heterocycles. The first-order valence-corrected chi connectivity index (χ1v) is 5.65. The van der Waals surface area contributed by atoms with Crippen LogP contribution in [0.3, 0.4) is 0 Å². The standard InChI is InChI=1S/C11H12BrNO2/c12-7-3-1-6-2-4-8(11(14)15)10(13)9(6)5-7/h1,3,5,8,10H,2,4,13H2,(H,14,15). The van der Waals surface area contributed by atoms with Gasteiger partial charge in [0, 0.05) is 10.5 Å². The van der Waals surface area contributed by atoms with Crippen LogP contribution in [0.25, 0.3) is 0 Å². The number of fused-ring (bicyclic) bond motifs is 1. The largest absolute Gasteiger partial charge is 0.481 e. The smallest absolute Gasteiger partial charge is 0.308 e. The molecule has 15 heavy (non-hydrogen) atoms. The van der Waals surface area contributed by atoms with Gasteiger partial charge in [0.25, 0.3) is 0 Å². The van der Waals surface area contributed by atoms with Crippen LogP contribution in [-0.4, -0.2) is 11.1 Å². The minimum atomic E-state index is -0.798. The lowest BCUT2D eigenvalue weighted by Crippen LogP contribution is -2.32. The van der Waals surface area contributed by atoms with Crippen LogP contribution in [0.5, 0.6) is 0 Å². The molecule has 1 aromatic rings. The molecule has 1 aliphatic rings. The highest BCUT2D eigenvalue weighted by molar-refractivity contribution is 9.10. The topological polar surface area (TPSA) is 63.3 Å². The van der Waals surface area contributed by atoms with E-state index in [9.17, 15) is 4.79 Å². The third-order valence-corrected chi connectivity index (χ3v) is 3.44. The van der Waals surface area contributed by atoms with Crippen LogP contribution < -0.4 is 5.73 Å². The fourth-order valence-electron chi connectivity index (χ4n) is 2.09. The molecule has 0 heterocycles. The third-order valence-electron chi connectivity index (χ3n) is 2.94. The average Bonchev–Trinajstić information content (AvgIpc) is 2.19. The molecular formula is C11H12BrNO2. The number of carbonyl (C=O) groups is 1. The average molecular weight is 270 g/mol. The lowest BCUT2D eigenvalue weighted by Gasteiger charge is -2.28. The third kappa shape index (κ3) is 1.92. The van der Waals surface area contributed by atoms with Crippen molar-refractivity contribution in [2.24, 2.45) is 11.7 Å². The van der Waals surface area contributed by atoms with Crippen LogP contribution in [0.15, 0.2) is 22.7 Å². The summed E-state index contributed by atoms with van der Waals surface area (Å²) in [4.78, 5) is 11.0. The van der Waals surface area contributed by atoms with Crippen LogP contribution in [0.2, 0.25) is 0 Å². The van der Waals surface area contributed by atoms with E-state index in [2.05, 4.69) is 15.9 Å². The van der Waals surface area contributed by atoms with Crippen LogP contribution in [0.1, 0.15) is 23.6 Å². The van der Waals surface area contributed by atoms with Gasteiger partial charge in [-0.05, 0) is 36.1 Å². The molecule has 0 radical (unpaired) electrons. The first-order valence-electron chi connectivity index (χ1n) is 4.86. The van der Waals surface area contributed by atoms with E-state index in [1.807, 2.05) is 18.2 Å². The number of carboxylic acid groups (broad SMARTS) is 1. The van der Waals surface area contributed by atoms with Gasteiger partial charge < -0.3 is 10.8 Å². The number of aryl methyl sites for hydroxylation is 1. The molecule has 2 rings (SSSR count). The number of halogens is 1. The van der Waals surface area contributed by atoms with Crippen molar-refractivity contribution in [3.63, 3.8) is 0 Å². The molecule has 0 bridgehead atoms. The molecule has 2 atom stereocenters. The maximum Gasteiger partial charge on any atom is 0.308 e. The fourth-order valence-corrected chi connectivity index (χ4v) is 2.47. The lowest BCUT2D eigenvalue weighted by atomic mass is 9.80. The first-order chi connectivity index (χ1) is 7.09. The second kappa shape index (κ2) is 3.94. The lowest BCUT2D eigenvalue weighted by molar-refractivity contribution is -0.143. The van der Waals surface area contributed by atoms with Gasteiger partial charge in [0.2, 0.25) is 0 Å². The zero-order chi connectivity index (χ0) is 11.0. The summed E-state index contributed by atoms with van der Waals surface area (Å²) < 4.78 is 0.947. The Morgan fingerprint density at radius 2 is 2.27 bits per heavy atom. The van der Waals surface area contributed by atoms with E-state index in [0.29, 0.717) is 6.42 Å². The molecule has 1 aliphatic carbocycles. The van der Waals surface area contributed by atoms with E-state index in [1.165, 1.54) is 5.56 Å². The number of hydrogen-bond acceptors (Lipinski definition) is 2. The highest BCUT2D eigenvalue weighted by Gasteiger charge is 2.31. The van der Waals surface area contributed by atoms with E-state index in [1.54, 1.807) is 0 Å². The second-order valence-corrected chi connectivity index (χ2v) is 4.77. The molecule has 3 nitrogen and oxygen atoms in total. The van der Waals surface area contributed by atoms with Gasteiger partial charge in [-0.25, -0.2) is 0 Å². The Bertz CT molecular complexity index is 406. The van der Waals surface area contributed by atoms with Crippen molar-refractivity contribution in [2.45, 2.75) is 18.9 Å². The van der Waals surface area contributed by atoms with Gasteiger partial charge in [0.05, 0.1) is 5.92 Å². The van der Waals surface area contributed by atoms with Crippen molar-refractivity contribution in [3.8, 4) is 0 Å². The van der Waals surface area contributed by atoms with Gasteiger partial charge in [-0.2, -0.15) is 0 Å². The van der Waals surface area contributed by atoms with Crippen LogP contribution >= 0.6 is 15.9 Å². The summed E-state index contributed by atoms with van der Waals surface area (Å²) >= 11 is 3.37. The Balaban J connectivity index is 2.40. The molecule has 1 aromatic carbocycles.